The smallest absolute Gasteiger partial charge is 0.411 e. The van der Waals surface area contributed by atoms with Gasteiger partial charge in [-0.1, -0.05) is 48.5 Å². The second-order valence-electron chi connectivity index (χ2n) is 8.31. The minimum Gasteiger partial charge on any atom is -0.446 e. The van der Waals surface area contributed by atoms with Crippen LogP contribution in [0.3, 0.4) is 0 Å². The van der Waals surface area contributed by atoms with E-state index in [9.17, 15) is 9.59 Å². The van der Waals surface area contributed by atoms with Crippen molar-refractivity contribution in [3.8, 4) is 11.1 Å². The molecule has 0 bridgehead atoms. The Morgan fingerprint density at radius 2 is 1.68 bits per heavy atom. The predicted molar refractivity (Wildman–Crippen MR) is 121 cm³/mol. The van der Waals surface area contributed by atoms with Crippen LogP contribution in [0.4, 0.5) is 10.5 Å². The third kappa shape index (κ3) is 5.62. The van der Waals surface area contributed by atoms with Gasteiger partial charge in [0, 0.05) is 37.8 Å². The molecular formula is C24H30N4O3. The minimum atomic E-state index is -0.441. The van der Waals surface area contributed by atoms with Crippen molar-refractivity contribution in [1.82, 2.24) is 9.80 Å². The molecule has 0 spiro atoms. The third-order valence-corrected chi connectivity index (χ3v) is 5.99. The average Bonchev–Trinajstić information content (AvgIpc) is 3.22. The summed E-state index contributed by atoms with van der Waals surface area (Å²) >= 11 is 0. The summed E-state index contributed by atoms with van der Waals surface area (Å²) in [5, 5.41) is 2.89. The van der Waals surface area contributed by atoms with Gasteiger partial charge < -0.3 is 15.4 Å². The molecule has 2 aliphatic rings. The Hall–Kier alpha value is -2.90. The van der Waals surface area contributed by atoms with Gasteiger partial charge in [-0.2, -0.15) is 0 Å². The molecule has 2 amide bonds. The first kappa shape index (κ1) is 21.3. The summed E-state index contributed by atoms with van der Waals surface area (Å²) in [5.74, 6) is 0.141. The first-order valence-corrected chi connectivity index (χ1v) is 11.0. The Balaban J connectivity index is 1.25. The second kappa shape index (κ2) is 9.94. The number of para-hydroxylation sites is 1. The molecule has 0 saturated carbocycles. The van der Waals surface area contributed by atoms with E-state index in [0.717, 1.165) is 55.7 Å². The normalized spacial score (nSPS) is 19.9. The lowest BCUT2D eigenvalue weighted by atomic mass is 10.0. The highest BCUT2D eigenvalue weighted by atomic mass is 16.6. The van der Waals surface area contributed by atoms with Crippen molar-refractivity contribution < 1.29 is 14.3 Å². The number of carbonyl (C=O) groups excluding carboxylic acids is 2. The summed E-state index contributed by atoms with van der Waals surface area (Å²) in [6.45, 7) is 3.30. The molecule has 1 atom stereocenters. The van der Waals surface area contributed by atoms with E-state index >= 15 is 0 Å². The number of amides is 2. The molecule has 2 saturated heterocycles. The van der Waals surface area contributed by atoms with Crippen molar-refractivity contribution in [2.45, 2.75) is 31.4 Å². The SMILES string of the molecule is N[C@@H]1CCN(C(=O)CN2CCC(OC(=O)Nc3ccccc3-c3ccccc3)CC2)C1. The number of ether oxygens (including phenoxy) is 1. The molecule has 2 aromatic carbocycles. The summed E-state index contributed by atoms with van der Waals surface area (Å²) in [6, 6.07) is 17.7. The van der Waals surface area contributed by atoms with Gasteiger partial charge in [-0.25, -0.2) is 4.79 Å². The van der Waals surface area contributed by atoms with Crippen LogP contribution in [-0.2, 0) is 9.53 Å². The van der Waals surface area contributed by atoms with Gasteiger partial charge in [-0.3, -0.25) is 15.0 Å². The lowest BCUT2D eigenvalue weighted by molar-refractivity contribution is -0.132. The van der Waals surface area contributed by atoms with Gasteiger partial charge in [0.05, 0.1) is 12.2 Å². The van der Waals surface area contributed by atoms with E-state index in [2.05, 4.69) is 10.2 Å². The van der Waals surface area contributed by atoms with Crippen LogP contribution in [-0.4, -0.2) is 66.7 Å². The molecule has 2 fully saturated rings. The van der Waals surface area contributed by atoms with E-state index in [-0.39, 0.29) is 18.1 Å². The van der Waals surface area contributed by atoms with Crippen LogP contribution in [0.2, 0.25) is 0 Å². The molecule has 3 N–H and O–H groups in total. The molecule has 4 rings (SSSR count). The van der Waals surface area contributed by atoms with Gasteiger partial charge in [0.15, 0.2) is 0 Å². The quantitative estimate of drug-likeness (QED) is 0.774. The predicted octanol–water partition coefficient (Wildman–Crippen LogP) is 2.93. The van der Waals surface area contributed by atoms with Crippen LogP contribution < -0.4 is 11.1 Å². The van der Waals surface area contributed by atoms with Crippen LogP contribution in [0, 0.1) is 0 Å². The van der Waals surface area contributed by atoms with Gasteiger partial charge in [0.2, 0.25) is 5.91 Å². The standard InChI is InChI=1S/C24H30N4O3/c25-19-10-15-28(16-19)23(29)17-27-13-11-20(12-14-27)31-24(30)26-22-9-5-4-8-21(22)18-6-2-1-3-7-18/h1-9,19-20H,10-17,25H2,(H,26,30)/t19-/m1/s1. The lowest BCUT2D eigenvalue weighted by Gasteiger charge is -2.32. The Labute approximate surface area is 183 Å². The molecule has 7 nitrogen and oxygen atoms in total. The number of rotatable bonds is 5. The van der Waals surface area contributed by atoms with Crippen LogP contribution in [0.5, 0.6) is 0 Å². The minimum absolute atomic E-state index is 0.105. The number of hydrogen-bond donors (Lipinski definition) is 2. The fraction of sp³-hybridized carbons (Fsp3) is 0.417. The maximum Gasteiger partial charge on any atom is 0.411 e. The zero-order valence-corrected chi connectivity index (χ0v) is 17.7. The van der Waals surface area contributed by atoms with Crippen molar-refractivity contribution in [1.29, 1.82) is 0 Å². The molecule has 0 radical (unpaired) electrons. The molecule has 0 aliphatic carbocycles. The Kier molecular flexibility index (Phi) is 6.84. The maximum atomic E-state index is 12.5. The largest absolute Gasteiger partial charge is 0.446 e. The number of nitrogens with one attached hydrogen (secondary N) is 1. The molecule has 0 unspecified atom stereocenters. The summed E-state index contributed by atoms with van der Waals surface area (Å²) < 4.78 is 5.66. The van der Waals surface area contributed by atoms with Gasteiger partial charge in [0.1, 0.15) is 6.10 Å². The molecule has 0 aromatic heterocycles. The van der Waals surface area contributed by atoms with Crippen molar-refractivity contribution in [3.63, 3.8) is 0 Å². The molecular weight excluding hydrogens is 392 g/mol. The molecule has 7 heteroatoms. The first-order chi connectivity index (χ1) is 15.1. The maximum absolute atomic E-state index is 12.5. The molecule has 2 heterocycles. The van der Waals surface area contributed by atoms with Crippen LogP contribution in [0.1, 0.15) is 19.3 Å². The number of likely N-dealkylation sites (tertiary alicyclic amines) is 2. The summed E-state index contributed by atoms with van der Waals surface area (Å²) in [6.07, 6.45) is 1.74. The Morgan fingerprint density at radius 3 is 2.39 bits per heavy atom. The van der Waals surface area contributed by atoms with Crippen molar-refractivity contribution in [3.05, 3.63) is 54.6 Å². The zero-order valence-electron chi connectivity index (χ0n) is 17.7. The van der Waals surface area contributed by atoms with E-state index < -0.39 is 6.09 Å². The fourth-order valence-electron chi connectivity index (χ4n) is 4.24. The van der Waals surface area contributed by atoms with E-state index in [4.69, 9.17) is 10.5 Å². The summed E-state index contributed by atoms with van der Waals surface area (Å²) in [7, 11) is 0. The van der Waals surface area contributed by atoms with E-state index in [1.807, 2.05) is 59.5 Å². The van der Waals surface area contributed by atoms with Crippen LogP contribution in [0.25, 0.3) is 11.1 Å². The highest BCUT2D eigenvalue weighted by molar-refractivity contribution is 5.91. The van der Waals surface area contributed by atoms with Gasteiger partial charge in [-0.15, -0.1) is 0 Å². The number of carbonyl (C=O) groups is 2. The number of nitrogens with zero attached hydrogens (tertiary/aromatic N) is 2. The number of anilines is 1. The topological polar surface area (TPSA) is 87.9 Å². The van der Waals surface area contributed by atoms with Gasteiger partial charge in [-0.05, 0) is 30.9 Å². The fourth-order valence-corrected chi connectivity index (χ4v) is 4.24. The first-order valence-electron chi connectivity index (χ1n) is 11.0. The Bertz CT molecular complexity index is 897. The monoisotopic (exact) mass is 422 g/mol. The molecule has 31 heavy (non-hydrogen) atoms. The Morgan fingerprint density at radius 1 is 0.968 bits per heavy atom. The van der Waals surface area contributed by atoms with Crippen molar-refractivity contribution in [2.75, 3.05) is 38.0 Å². The van der Waals surface area contributed by atoms with E-state index in [1.165, 1.54) is 0 Å². The lowest BCUT2D eigenvalue weighted by Crippen LogP contribution is -2.45. The van der Waals surface area contributed by atoms with Crippen molar-refractivity contribution in [2.24, 2.45) is 5.73 Å². The number of benzene rings is 2. The third-order valence-electron chi connectivity index (χ3n) is 5.99. The number of hydrogen-bond acceptors (Lipinski definition) is 5. The number of nitrogens with two attached hydrogens (primary N) is 1. The summed E-state index contributed by atoms with van der Waals surface area (Å²) in [4.78, 5) is 28.9. The molecule has 2 aliphatic heterocycles. The second-order valence-corrected chi connectivity index (χ2v) is 8.31. The van der Waals surface area contributed by atoms with Crippen LogP contribution in [0.15, 0.2) is 54.6 Å². The van der Waals surface area contributed by atoms with Crippen LogP contribution >= 0.6 is 0 Å². The zero-order chi connectivity index (χ0) is 21.6. The number of piperidine rings is 1. The van der Waals surface area contributed by atoms with Crippen molar-refractivity contribution >= 4 is 17.7 Å². The molecule has 164 valence electrons. The van der Waals surface area contributed by atoms with E-state index in [0.29, 0.717) is 13.1 Å². The van der Waals surface area contributed by atoms with Gasteiger partial charge >= 0.3 is 6.09 Å². The van der Waals surface area contributed by atoms with Gasteiger partial charge in [0.25, 0.3) is 0 Å². The average molecular weight is 423 g/mol. The highest BCUT2D eigenvalue weighted by Crippen LogP contribution is 2.28. The highest BCUT2D eigenvalue weighted by Gasteiger charge is 2.28. The molecule has 2 aromatic rings. The van der Waals surface area contributed by atoms with E-state index in [1.54, 1.807) is 0 Å². The summed E-state index contributed by atoms with van der Waals surface area (Å²) in [5.41, 5.74) is 8.61.